The highest BCUT2D eigenvalue weighted by atomic mass is 32.1. The lowest BCUT2D eigenvalue weighted by Gasteiger charge is -2.02. The second-order valence-corrected chi connectivity index (χ2v) is 7.21. The Morgan fingerprint density at radius 3 is 2.58 bits per heavy atom. The van der Waals surface area contributed by atoms with Gasteiger partial charge in [-0.1, -0.05) is 5.16 Å². The van der Waals surface area contributed by atoms with Crippen LogP contribution in [0.25, 0.3) is 11.3 Å². The van der Waals surface area contributed by atoms with E-state index in [0.717, 1.165) is 38.9 Å². The number of aryl methyl sites for hydroxylation is 3. The molecule has 7 heteroatoms. The van der Waals surface area contributed by atoms with Gasteiger partial charge in [-0.2, -0.15) is 0 Å². The summed E-state index contributed by atoms with van der Waals surface area (Å²) in [7, 11) is 1.64. The van der Waals surface area contributed by atoms with Crippen molar-refractivity contribution < 1.29 is 14.1 Å². The Kier molecular flexibility index (Phi) is 5.37. The van der Waals surface area contributed by atoms with Crippen LogP contribution in [0.5, 0.6) is 5.75 Å². The van der Waals surface area contributed by atoms with Crippen molar-refractivity contribution in [1.29, 1.82) is 0 Å². The molecule has 2 heterocycles. The smallest absolute Gasteiger partial charge is 0.226 e. The summed E-state index contributed by atoms with van der Waals surface area (Å²) in [5.41, 5.74) is 3.70. The third-order valence-corrected chi connectivity index (χ3v) is 5.08. The van der Waals surface area contributed by atoms with Gasteiger partial charge in [0.05, 0.1) is 18.5 Å². The highest BCUT2D eigenvalue weighted by Crippen LogP contribution is 2.31. The number of hydrogen-bond donors (Lipinski definition) is 1. The summed E-state index contributed by atoms with van der Waals surface area (Å²) >= 11 is 1.47. The Morgan fingerprint density at radius 2 is 1.96 bits per heavy atom. The number of methoxy groups -OCH3 is 1. The fraction of sp³-hybridized carbons (Fsp3) is 0.316. The molecule has 6 nitrogen and oxygen atoms in total. The van der Waals surface area contributed by atoms with Gasteiger partial charge in [0.2, 0.25) is 5.91 Å². The van der Waals surface area contributed by atoms with Crippen LogP contribution in [-0.4, -0.2) is 23.2 Å². The van der Waals surface area contributed by atoms with Gasteiger partial charge < -0.3 is 14.6 Å². The van der Waals surface area contributed by atoms with E-state index in [4.69, 9.17) is 9.26 Å². The van der Waals surface area contributed by atoms with Crippen LogP contribution in [0.4, 0.5) is 5.13 Å². The molecule has 2 aromatic heterocycles. The van der Waals surface area contributed by atoms with Crippen LogP contribution in [0, 0.1) is 20.8 Å². The number of carbonyl (C=O) groups excluding carboxylic acids is 1. The molecule has 0 aliphatic rings. The van der Waals surface area contributed by atoms with Crippen LogP contribution in [-0.2, 0) is 11.2 Å². The van der Waals surface area contributed by atoms with Gasteiger partial charge in [-0.15, -0.1) is 11.3 Å². The zero-order valence-corrected chi connectivity index (χ0v) is 16.1. The van der Waals surface area contributed by atoms with Crippen molar-refractivity contribution in [1.82, 2.24) is 10.1 Å². The molecule has 3 rings (SSSR count). The monoisotopic (exact) mass is 371 g/mol. The van der Waals surface area contributed by atoms with Crippen LogP contribution in [0.3, 0.4) is 0 Å². The summed E-state index contributed by atoms with van der Waals surface area (Å²) in [6, 6.07) is 7.72. The van der Waals surface area contributed by atoms with Crippen LogP contribution >= 0.6 is 11.3 Å². The molecule has 136 valence electrons. The average Bonchev–Trinajstić information content (AvgIpc) is 3.15. The lowest BCUT2D eigenvalue weighted by molar-refractivity contribution is -0.116. The zero-order valence-electron chi connectivity index (χ0n) is 15.3. The molecule has 0 radical (unpaired) electrons. The van der Waals surface area contributed by atoms with Gasteiger partial charge in [-0.25, -0.2) is 4.98 Å². The van der Waals surface area contributed by atoms with Gasteiger partial charge >= 0.3 is 0 Å². The van der Waals surface area contributed by atoms with E-state index in [-0.39, 0.29) is 5.91 Å². The Labute approximate surface area is 156 Å². The van der Waals surface area contributed by atoms with Crippen molar-refractivity contribution >= 4 is 22.4 Å². The van der Waals surface area contributed by atoms with Crippen LogP contribution in [0.1, 0.15) is 28.3 Å². The number of aromatic nitrogens is 2. The molecule has 0 unspecified atom stereocenters. The normalized spacial score (nSPS) is 10.8. The van der Waals surface area contributed by atoms with Crippen molar-refractivity contribution in [2.75, 3.05) is 12.4 Å². The van der Waals surface area contributed by atoms with E-state index in [1.165, 1.54) is 11.3 Å². The quantitative estimate of drug-likeness (QED) is 0.699. The first-order chi connectivity index (χ1) is 12.5. The van der Waals surface area contributed by atoms with E-state index < -0.39 is 0 Å². The Balaban J connectivity index is 1.65. The number of nitrogens with one attached hydrogen (secondary N) is 1. The van der Waals surface area contributed by atoms with E-state index in [1.807, 2.05) is 45.0 Å². The molecule has 26 heavy (non-hydrogen) atoms. The Bertz CT molecular complexity index is 893. The minimum atomic E-state index is -0.0694. The van der Waals surface area contributed by atoms with Gasteiger partial charge in [0.1, 0.15) is 11.5 Å². The molecule has 1 N–H and O–H groups in total. The summed E-state index contributed by atoms with van der Waals surface area (Å²) < 4.78 is 10.3. The first-order valence-corrected chi connectivity index (χ1v) is 9.13. The predicted molar refractivity (Wildman–Crippen MR) is 102 cm³/mol. The number of carbonyl (C=O) groups is 1. The Morgan fingerprint density at radius 1 is 1.23 bits per heavy atom. The summed E-state index contributed by atoms with van der Waals surface area (Å²) in [6.07, 6.45) is 0.960. The van der Waals surface area contributed by atoms with Gasteiger partial charge in [0, 0.05) is 22.4 Å². The number of benzene rings is 1. The fourth-order valence-electron chi connectivity index (χ4n) is 2.75. The van der Waals surface area contributed by atoms with Crippen LogP contribution in [0.15, 0.2) is 28.8 Å². The molecule has 0 fully saturated rings. The minimum absolute atomic E-state index is 0.0694. The largest absolute Gasteiger partial charge is 0.497 e. The maximum atomic E-state index is 12.3. The summed E-state index contributed by atoms with van der Waals surface area (Å²) in [4.78, 5) is 17.9. The topological polar surface area (TPSA) is 77.2 Å². The number of rotatable bonds is 6. The standard InChI is InChI=1S/C19H21N3O3S/c1-11-16(12(2)25-22-11)9-10-17(23)20-19-21-18(13(3)26-19)14-5-7-15(24-4)8-6-14/h5-8H,9-10H2,1-4H3,(H,20,21,23). The number of hydrogen-bond acceptors (Lipinski definition) is 6. The van der Waals surface area contributed by atoms with E-state index in [1.54, 1.807) is 7.11 Å². The highest BCUT2D eigenvalue weighted by Gasteiger charge is 2.14. The third-order valence-electron chi connectivity index (χ3n) is 4.19. The zero-order chi connectivity index (χ0) is 18.7. The molecule has 0 saturated carbocycles. The van der Waals surface area contributed by atoms with Crippen molar-refractivity contribution in [3.05, 3.63) is 46.2 Å². The highest BCUT2D eigenvalue weighted by molar-refractivity contribution is 7.16. The third kappa shape index (κ3) is 3.94. The molecule has 0 spiro atoms. The van der Waals surface area contributed by atoms with E-state index >= 15 is 0 Å². The predicted octanol–water partition coefficient (Wildman–Crippen LogP) is 4.30. The molecular weight excluding hydrogens is 350 g/mol. The molecule has 0 aliphatic heterocycles. The molecule has 1 amide bonds. The number of nitrogens with zero attached hydrogens (tertiary/aromatic N) is 2. The molecular formula is C19H21N3O3S. The molecule has 0 aliphatic carbocycles. The average molecular weight is 371 g/mol. The summed E-state index contributed by atoms with van der Waals surface area (Å²) in [5.74, 6) is 1.50. The van der Waals surface area contributed by atoms with Gasteiger partial charge in [0.15, 0.2) is 5.13 Å². The second-order valence-electron chi connectivity index (χ2n) is 6.00. The van der Waals surface area contributed by atoms with Gasteiger partial charge in [-0.05, 0) is 51.5 Å². The van der Waals surface area contributed by atoms with E-state index in [2.05, 4.69) is 15.5 Å². The fourth-order valence-corrected chi connectivity index (χ4v) is 3.60. The molecule has 1 aromatic carbocycles. The van der Waals surface area contributed by atoms with E-state index in [0.29, 0.717) is 18.0 Å². The first-order valence-electron chi connectivity index (χ1n) is 8.31. The number of thiazole rings is 1. The van der Waals surface area contributed by atoms with Crippen LogP contribution in [0.2, 0.25) is 0 Å². The summed E-state index contributed by atoms with van der Waals surface area (Å²) in [6.45, 7) is 5.74. The second kappa shape index (κ2) is 7.70. The first kappa shape index (κ1) is 18.1. The Hall–Kier alpha value is -2.67. The molecule has 0 bridgehead atoms. The summed E-state index contributed by atoms with van der Waals surface area (Å²) in [5, 5.41) is 7.41. The van der Waals surface area contributed by atoms with Gasteiger partial charge in [-0.3, -0.25) is 4.79 Å². The maximum absolute atomic E-state index is 12.3. The molecule has 3 aromatic rings. The van der Waals surface area contributed by atoms with Crippen molar-refractivity contribution in [3.63, 3.8) is 0 Å². The maximum Gasteiger partial charge on any atom is 0.226 e. The lowest BCUT2D eigenvalue weighted by atomic mass is 10.1. The van der Waals surface area contributed by atoms with Gasteiger partial charge in [0.25, 0.3) is 0 Å². The number of amides is 1. The van der Waals surface area contributed by atoms with E-state index in [9.17, 15) is 4.79 Å². The minimum Gasteiger partial charge on any atom is -0.497 e. The van der Waals surface area contributed by atoms with Crippen molar-refractivity contribution in [2.45, 2.75) is 33.6 Å². The SMILES string of the molecule is COc1ccc(-c2nc(NC(=O)CCc3c(C)noc3C)sc2C)cc1. The number of anilines is 1. The lowest BCUT2D eigenvalue weighted by Crippen LogP contribution is -2.12. The molecule has 0 atom stereocenters. The number of ether oxygens (including phenoxy) is 1. The van der Waals surface area contributed by atoms with Crippen LogP contribution < -0.4 is 10.1 Å². The van der Waals surface area contributed by atoms with Crippen molar-refractivity contribution in [2.24, 2.45) is 0 Å². The van der Waals surface area contributed by atoms with Crippen molar-refractivity contribution in [3.8, 4) is 17.0 Å². The molecule has 0 saturated heterocycles.